The normalized spacial score (nSPS) is 12.8. The van der Waals surface area contributed by atoms with Crippen molar-refractivity contribution in [3.8, 4) is 0 Å². The average molecular weight is 304 g/mol. The van der Waals surface area contributed by atoms with Crippen LogP contribution in [-0.2, 0) is 4.74 Å². The molecule has 0 saturated carbocycles. The molecule has 2 nitrogen and oxygen atoms in total. The van der Waals surface area contributed by atoms with Gasteiger partial charge in [0.05, 0.1) is 0 Å². The third-order valence-electron chi connectivity index (χ3n) is 2.22. The van der Waals surface area contributed by atoms with Crippen LogP contribution < -0.4 is 5.73 Å². The van der Waals surface area contributed by atoms with Crippen molar-refractivity contribution in [3.05, 3.63) is 28.2 Å². The molecule has 1 atom stereocenters. The van der Waals surface area contributed by atoms with Crippen LogP contribution >= 0.6 is 27.7 Å². The number of hydrogen-bond donors (Lipinski definition) is 1. The molecule has 16 heavy (non-hydrogen) atoms. The summed E-state index contributed by atoms with van der Waals surface area (Å²) in [5, 5.41) is 0. The first-order valence-electron chi connectivity index (χ1n) is 5.32. The summed E-state index contributed by atoms with van der Waals surface area (Å²) in [6.45, 7) is 2.82. The number of methoxy groups -OCH3 is 1. The van der Waals surface area contributed by atoms with Gasteiger partial charge in [-0.3, -0.25) is 0 Å². The summed E-state index contributed by atoms with van der Waals surface area (Å²) in [5.74, 6) is 1.08. The van der Waals surface area contributed by atoms with Crippen LogP contribution in [-0.4, -0.2) is 19.5 Å². The number of ether oxygens (including phenoxy) is 1. The van der Waals surface area contributed by atoms with Gasteiger partial charge < -0.3 is 10.5 Å². The van der Waals surface area contributed by atoms with Gasteiger partial charge in [-0.1, -0.05) is 22.0 Å². The molecule has 2 N–H and O–H groups in total. The van der Waals surface area contributed by atoms with Crippen molar-refractivity contribution < 1.29 is 4.74 Å². The zero-order valence-corrected chi connectivity index (χ0v) is 12.1. The minimum Gasteiger partial charge on any atom is -0.385 e. The van der Waals surface area contributed by atoms with Crippen LogP contribution in [0.4, 0.5) is 0 Å². The fourth-order valence-electron chi connectivity index (χ4n) is 1.36. The molecule has 0 aliphatic carbocycles. The van der Waals surface area contributed by atoms with Crippen molar-refractivity contribution in [3.63, 3.8) is 0 Å². The van der Waals surface area contributed by atoms with E-state index in [-0.39, 0.29) is 6.04 Å². The lowest BCUT2D eigenvalue weighted by Gasteiger charge is -2.10. The second-order valence-electron chi connectivity index (χ2n) is 3.67. The van der Waals surface area contributed by atoms with Gasteiger partial charge in [-0.15, -0.1) is 11.8 Å². The molecule has 90 valence electrons. The third kappa shape index (κ3) is 4.45. The molecule has 1 aromatic carbocycles. The zero-order chi connectivity index (χ0) is 12.0. The van der Waals surface area contributed by atoms with Gasteiger partial charge in [-0.05, 0) is 31.0 Å². The van der Waals surface area contributed by atoms with Crippen LogP contribution in [0.2, 0.25) is 0 Å². The van der Waals surface area contributed by atoms with E-state index in [1.807, 2.05) is 18.7 Å². The van der Waals surface area contributed by atoms with Crippen molar-refractivity contribution in [2.24, 2.45) is 5.73 Å². The maximum atomic E-state index is 5.85. The lowest BCUT2D eigenvalue weighted by Crippen LogP contribution is -2.05. The van der Waals surface area contributed by atoms with Crippen LogP contribution in [0.5, 0.6) is 0 Å². The zero-order valence-electron chi connectivity index (χ0n) is 9.70. The Morgan fingerprint density at radius 2 is 2.25 bits per heavy atom. The van der Waals surface area contributed by atoms with E-state index in [0.29, 0.717) is 0 Å². The van der Waals surface area contributed by atoms with E-state index in [1.165, 1.54) is 4.90 Å². The molecule has 0 fully saturated rings. The first-order chi connectivity index (χ1) is 7.65. The number of halogens is 1. The van der Waals surface area contributed by atoms with E-state index in [0.717, 1.165) is 28.8 Å². The summed E-state index contributed by atoms with van der Waals surface area (Å²) >= 11 is 5.40. The minimum absolute atomic E-state index is 0.0712. The van der Waals surface area contributed by atoms with Gasteiger partial charge in [-0.2, -0.15) is 0 Å². The molecule has 0 radical (unpaired) electrons. The monoisotopic (exact) mass is 303 g/mol. The Balaban J connectivity index is 2.53. The predicted octanol–water partition coefficient (Wildman–Crippen LogP) is 3.60. The molecule has 4 heteroatoms. The maximum absolute atomic E-state index is 5.85. The number of thioether (sulfide) groups is 1. The van der Waals surface area contributed by atoms with Crippen LogP contribution in [0.25, 0.3) is 0 Å². The Hall–Kier alpha value is -0.0300. The quantitative estimate of drug-likeness (QED) is 0.644. The van der Waals surface area contributed by atoms with Crippen molar-refractivity contribution >= 4 is 27.7 Å². The summed E-state index contributed by atoms with van der Waals surface area (Å²) < 4.78 is 6.11. The molecular formula is C12H18BrNOS. The fraction of sp³-hybridized carbons (Fsp3) is 0.500. The highest BCUT2D eigenvalue weighted by molar-refractivity contribution is 9.10. The summed E-state index contributed by atoms with van der Waals surface area (Å²) in [6, 6.07) is 6.42. The molecule has 1 rings (SSSR count). The maximum Gasteiger partial charge on any atom is 0.0470 e. The highest BCUT2D eigenvalue weighted by Gasteiger charge is 2.05. The van der Waals surface area contributed by atoms with Gasteiger partial charge in [0.25, 0.3) is 0 Å². The standard InChI is InChI=1S/C12H18BrNOS/c1-9(14)11-5-4-10(8-12(11)13)16-7-3-6-15-2/h4-5,8-9H,3,6-7,14H2,1-2H3/t9-/m0/s1. The molecule has 0 spiro atoms. The van der Waals surface area contributed by atoms with E-state index in [9.17, 15) is 0 Å². The molecule has 0 amide bonds. The Morgan fingerprint density at radius 3 is 2.81 bits per heavy atom. The van der Waals surface area contributed by atoms with Gasteiger partial charge in [-0.25, -0.2) is 0 Å². The van der Waals surface area contributed by atoms with Gasteiger partial charge in [0, 0.05) is 34.9 Å². The minimum atomic E-state index is 0.0712. The molecule has 0 unspecified atom stereocenters. The Kier molecular flexibility index (Phi) is 6.43. The lowest BCUT2D eigenvalue weighted by molar-refractivity contribution is 0.200. The van der Waals surface area contributed by atoms with E-state index >= 15 is 0 Å². The largest absolute Gasteiger partial charge is 0.385 e. The first kappa shape index (κ1) is 14.0. The van der Waals surface area contributed by atoms with Crippen molar-refractivity contribution in [1.29, 1.82) is 0 Å². The van der Waals surface area contributed by atoms with Crippen molar-refractivity contribution in [2.75, 3.05) is 19.5 Å². The van der Waals surface area contributed by atoms with Gasteiger partial charge in [0.2, 0.25) is 0 Å². The molecule has 0 bridgehead atoms. The first-order valence-corrected chi connectivity index (χ1v) is 7.09. The number of benzene rings is 1. The molecule has 1 aromatic rings. The van der Waals surface area contributed by atoms with E-state index < -0.39 is 0 Å². The Bertz CT molecular complexity index is 331. The fourth-order valence-corrected chi connectivity index (χ4v) is 3.11. The number of rotatable bonds is 6. The highest BCUT2D eigenvalue weighted by atomic mass is 79.9. The van der Waals surface area contributed by atoms with E-state index in [2.05, 4.69) is 34.1 Å². The summed E-state index contributed by atoms with van der Waals surface area (Å²) in [5.41, 5.74) is 7.00. The lowest BCUT2D eigenvalue weighted by atomic mass is 10.1. The third-order valence-corrected chi connectivity index (χ3v) is 3.99. The van der Waals surface area contributed by atoms with Gasteiger partial charge in [0.1, 0.15) is 0 Å². The average Bonchev–Trinajstić information content (AvgIpc) is 2.24. The smallest absolute Gasteiger partial charge is 0.0470 e. The second kappa shape index (κ2) is 7.33. The van der Waals surface area contributed by atoms with Gasteiger partial charge >= 0.3 is 0 Å². The number of nitrogens with two attached hydrogens (primary N) is 1. The van der Waals surface area contributed by atoms with Gasteiger partial charge in [0.15, 0.2) is 0 Å². The molecule has 0 aromatic heterocycles. The van der Waals surface area contributed by atoms with Crippen molar-refractivity contribution in [1.82, 2.24) is 0 Å². The topological polar surface area (TPSA) is 35.2 Å². The molecule has 0 aliphatic rings. The van der Waals surface area contributed by atoms with Crippen LogP contribution in [0.1, 0.15) is 24.9 Å². The SMILES string of the molecule is COCCCSc1ccc([C@H](C)N)c(Br)c1. The second-order valence-corrected chi connectivity index (χ2v) is 5.69. The van der Waals surface area contributed by atoms with Crippen LogP contribution in [0.15, 0.2) is 27.6 Å². The van der Waals surface area contributed by atoms with Crippen LogP contribution in [0.3, 0.4) is 0 Å². The molecule has 0 saturated heterocycles. The Morgan fingerprint density at radius 1 is 1.50 bits per heavy atom. The molecule has 0 aliphatic heterocycles. The summed E-state index contributed by atoms with van der Waals surface area (Å²) in [4.78, 5) is 1.27. The summed E-state index contributed by atoms with van der Waals surface area (Å²) in [6.07, 6.45) is 1.08. The highest BCUT2D eigenvalue weighted by Crippen LogP contribution is 2.28. The summed E-state index contributed by atoms with van der Waals surface area (Å²) in [7, 11) is 1.73. The van der Waals surface area contributed by atoms with E-state index in [4.69, 9.17) is 10.5 Å². The molecule has 0 heterocycles. The number of hydrogen-bond acceptors (Lipinski definition) is 3. The Labute approximate surface area is 110 Å². The van der Waals surface area contributed by atoms with Crippen molar-refractivity contribution in [2.45, 2.75) is 24.3 Å². The van der Waals surface area contributed by atoms with Crippen LogP contribution in [0, 0.1) is 0 Å². The van der Waals surface area contributed by atoms with E-state index in [1.54, 1.807) is 7.11 Å². The predicted molar refractivity (Wildman–Crippen MR) is 74.0 cm³/mol. The molecular weight excluding hydrogens is 286 g/mol.